The Balaban J connectivity index is 4.05. The normalized spacial score (nSPS) is 13.5. The summed E-state index contributed by atoms with van der Waals surface area (Å²) < 4.78 is 0. The summed E-state index contributed by atoms with van der Waals surface area (Å²) in [6, 6.07) is 0.103. The lowest BCUT2D eigenvalue weighted by molar-refractivity contribution is 0.291. The summed E-state index contributed by atoms with van der Waals surface area (Å²) in [4.78, 5) is 2.07. The Morgan fingerprint density at radius 2 is 1.92 bits per heavy atom. The Hall–Kier alpha value is -1.09. The summed E-state index contributed by atoms with van der Waals surface area (Å²) in [7, 11) is 0. The summed E-state index contributed by atoms with van der Waals surface area (Å²) in [5.41, 5.74) is 0. The Morgan fingerprint density at radius 3 is 2.25 bits per heavy atom. The first-order valence-corrected chi connectivity index (χ1v) is 3.89. The van der Waals surface area contributed by atoms with Crippen molar-refractivity contribution in [3.05, 3.63) is 25.3 Å². The van der Waals surface area contributed by atoms with E-state index >= 15 is 0 Å². The van der Waals surface area contributed by atoms with Gasteiger partial charge in [0.15, 0.2) is 0 Å². The van der Waals surface area contributed by atoms with Crippen LogP contribution < -0.4 is 0 Å². The predicted octanol–water partition coefficient (Wildman–Crippen LogP) is 1.51. The standard InChI is InChI=1S/C9H16N2O/c1-4-6-11(7-5-2)9(3)8-10-12/h4-5,8-9,12H,1-2,6-7H2,3H3/b10-8+. The molecule has 0 amide bonds. The maximum atomic E-state index is 8.31. The van der Waals surface area contributed by atoms with Crippen LogP contribution in [0.5, 0.6) is 0 Å². The van der Waals surface area contributed by atoms with Gasteiger partial charge in [0.05, 0.1) is 6.21 Å². The first-order valence-electron chi connectivity index (χ1n) is 3.89. The van der Waals surface area contributed by atoms with Crippen molar-refractivity contribution in [2.45, 2.75) is 13.0 Å². The molecule has 0 aliphatic carbocycles. The summed E-state index contributed by atoms with van der Waals surface area (Å²) in [6.07, 6.45) is 5.10. The van der Waals surface area contributed by atoms with Gasteiger partial charge in [0.2, 0.25) is 0 Å². The first-order chi connectivity index (χ1) is 5.76. The van der Waals surface area contributed by atoms with Crippen LogP contribution in [0.4, 0.5) is 0 Å². The van der Waals surface area contributed by atoms with E-state index in [1.165, 1.54) is 6.21 Å². The van der Waals surface area contributed by atoms with Gasteiger partial charge in [-0.05, 0) is 6.92 Å². The fourth-order valence-electron chi connectivity index (χ4n) is 0.929. The van der Waals surface area contributed by atoms with Gasteiger partial charge in [0, 0.05) is 19.1 Å². The van der Waals surface area contributed by atoms with E-state index in [1.807, 2.05) is 19.1 Å². The number of nitrogens with zero attached hydrogens (tertiary/aromatic N) is 2. The molecule has 3 nitrogen and oxygen atoms in total. The van der Waals surface area contributed by atoms with Gasteiger partial charge in [-0.3, -0.25) is 4.90 Å². The van der Waals surface area contributed by atoms with E-state index in [0.717, 1.165) is 13.1 Å². The highest BCUT2D eigenvalue weighted by Crippen LogP contribution is 1.96. The molecule has 0 saturated heterocycles. The number of hydrogen-bond acceptors (Lipinski definition) is 3. The molecule has 0 aromatic rings. The summed E-state index contributed by atoms with van der Waals surface area (Å²) in [6.45, 7) is 10.8. The molecule has 12 heavy (non-hydrogen) atoms. The Bertz CT molecular complexity index is 156. The van der Waals surface area contributed by atoms with Crippen molar-refractivity contribution < 1.29 is 5.21 Å². The van der Waals surface area contributed by atoms with Crippen LogP contribution in [0.15, 0.2) is 30.5 Å². The molecular weight excluding hydrogens is 152 g/mol. The summed E-state index contributed by atoms with van der Waals surface area (Å²) in [5.74, 6) is 0. The predicted molar refractivity (Wildman–Crippen MR) is 51.7 cm³/mol. The molecule has 0 fully saturated rings. The van der Waals surface area contributed by atoms with Gasteiger partial charge in [-0.2, -0.15) is 0 Å². The first kappa shape index (κ1) is 10.9. The minimum atomic E-state index is 0.103. The average Bonchev–Trinajstić information content (AvgIpc) is 2.04. The van der Waals surface area contributed by atoms with Crippen LogP contribution in [0.1, 0.15) is 6.92 Å². The molecule has 0 heterocycles. The molecule has 3 heteroatoms. The highest BCUT2D eigenvalue weighted by atomic mass is 16.4. The second-order valence-corrected chi connectivity index (χ2v) is 2.54. The topological polar surface area (TPSA) is 35.8 Å². The summed E-state index contributed by atoms with van der Waals surface area (Å²) >= 11 is 0. The summed E-state index contributed by atoms with van der Waals surface area (Å²) in [5, 5.41) is 11.3. The molecule has 0 bridgehead atoms. The quantitative estimate of drug-likeness (QED) is 0.282. The molecule has 1 atom stereocenters. The van der Waals surface area contributed by atoms with Gasteiger partial charge < -0.3 is 5.21 Å². The lowest BCUT2D eigenvalue weighted by atomic mass is 10.3. The smallest absolute Gasteiger partial charge is 0.0605 e. The molecular formula is C9H16N2O. The molecule has 0 spiro atoms. The van der Waals surface area contributed by atoms with Crippen LogP contribution in [-0.2, 0) is 0 Å². The zero-order valence-electron chi connectivity index (χ0n) is 7.48. The lowest BCUT2D eigenvalue weighted by Gasteiger charge is -2.22. The van der Waals surface area contributed by atoms with E-state index in [4.69, 9.17) is 5.21 Å². The van der Waals surface area contributed by atoms with Crippen LogP contribution >= 0.6 is 0 Å². The highest BCUT2D eigenvalue weighted by Gasteiger charge is 2.07. The van der Waals surface area contributed by atoms with Gasteiger partial charge in [0.25, 0.3) is 0 Å². The zero-order chi connectivity index (χ0) is 9.40. The Morgan fingerprint density at radius 1 is 1.42 bits per heavy atom. The molecule has 0 aromatic heterocycles. The van der Waals surface area contributed by atoms with E-state index in [-0.39, 0.29) is 6.04 Å². The highest BCUT2D eigenvalue weighted by molar-refractivity contribution is 5.62. The third kappa shape index (κ3) is 3.93. The molecule has 1 unspecified atom stereocenters. The Labute approximate surface area is 73.7 Å². The van der Waals surface area contributed by atoms with Gasteiger partial charge in [0.1, 0.15) is 0 Å². The van der Waals surface area contributed by atoms with Crippen LogP contribution in [0.3, 0.4) is 0 Å². The third-order valence-corrected chi connectivity index (χ3v) is 1.59. The van der Waals surface area contributed by atoms with Crippen LogP contribution in [0.25, 0.3) is 0 Å². The van der Waals surface area contributed by atoms with Crippen LogP contribution in [-0.4, -0.2) is 35.5 Å². The van der Waals surface area contributed by atoms with Crippen molar-refractivity contribution in [1.29, 1.82) is 0 Å². The fourth-order valence-corrected chi connectivity index (χ4v) is 0.929. The molecule has 0 aliphatic heterocycles. The minimum absolute atomic E-state index is 0.103. The largest absolute Gasteiger partial charge is 0.411 e. The van der Waals surface area contributed by atoms with E-state index in [9.17, 15) is 0 Å². The van der Waals surface area contributed by atoms with Gasteiger partial charge >= 0.3 is 0 Å². The molecule has 68 valence electrons. The second-order valence-electron chi connectivity index (χ2n) is 2.54. The van der Waals surface area contributed by atoms with Gasteiger partial charge in [-0.15, -0.1) is 18.3 Å². The fraction of sp³-hybridized carbons (Fsp3) is 0.444. The maximum Gasteiger partial charge on any atom is 0.0605 e. The molecule has 0 aromatic carbocycles. The van der Waals surface area contributed by atoms with Gasteiger partial charge in [-0.25, -0.2) is 0 Å². The van der Waals surface area contributed by atoms with E-state index in [2.05, 4.69) is 23.2 Å². The molecule has 0 saturated carbocycles. The minimum Gasteiger partial charge on any atom is -0.411 e. The number of rotatable bonds is 6. The second kappa shape index (κ2) is 6.61. The van der Waals surface area contributed by atoms with Crippen molar-refractivity contribution in [3.63, 3.8) is 0 Å². The Kier molecular flexibility index (Phi) is 6.01. The average molecular weight is 168 g/mol. The van der Waals surface area contributed by atoms with Crippen molar-refractivity contribution in [2.75, 3.05) is 13.1 Å². The lowest BCUT2D eigenvalue weighted by Crippen LogP contribution is -2.34. The van der Waals surface area contributed by atoms with E-state index in [0.29, 0.717) is 0 Å². The van der Waals surface area contributed by atoms with E-state index in [1.54, 1.807) is 0 Å². The van der Waals surface area contributed by atoms with E-state index < -0.39 is 0 Å². The SMILES string of the molecule is C=CCN(CC=C)C(C)/C=N/O. The van der Waals surface area contributed by atoms with Crippen molar-refractivity contribution in [1.82, 2.24) is 4.90 Å². The molecule has 0 aliphatic rings. The van der Waals surface area contributed by atoms with Crippen molar-refractivity contribution >= 4 is 6.21 Å². The zero-order valence-corrected chi connectivity index (χ0v) is 7.48. The molecule has 0 radical (unpaired) electrons. The number of oxime groups is 1. The van der Waals surface area contributed by atoms with Crippen molar-refractivity contribution in [3.8, 4) is 0 Å². The maximum absolute atomic E-state index is 8.31. The molecule has 1 N–H and O–H groups in total. The third-order valence-electron chi connectivity index (χ3n) is 1.59. The van der Waals surface area contributed by atoms with Crippen LogP contribution in [0, 0.1) is 0 Å². The van der Waals surface area contributed by atoms with Crippen LogP contribution in [0.2, 0.25) is 0 Å². The monoisotopic (exact) mass is 168 g/mol. The number of hydrogen-bond donors (Lipinski definition) is 1. The van der Waals surface area contributed by atoms with Gasteiger partial charge in [-0.1, -0.05) is 12.2 Å². The van der Waals surface area contributed by atoms with Crippen molar-refractivity contribution in [2.24, 2.45) is 5.16 Å². The molecule has 0 rings (SSSR count).